The molecular weight excluding hydrogens is 448 g/mol. The largest absolute Gasteiger partial charge is 0.416 e. The number of aryl methyl sites for hydroxylation is 1. The van der Waals surface area contributed by atoms with Crippen LogP contribution in [0.25, 0.3) is 0 Å². The van der Waals surface area contributed by atoms with Crippen molar-refractivity contribution >= 4 is 15.7 Å². The number of hydrogen-bond donors (Lipinski definition) is 2. The van der Waals surface area contributed by atoms with Crippen LogP contribution in [0.4, 0.5) is 23.2 Å². The molecule has 11 heteroatoms. The zero-order chi connectivity index (χ0) is 24.5. The van der Waals surface area contributed by atoms with Crippen molar-refractivity contribution in [3.63, 3.8) is 0 Å². The molecule has 6 nitrogen and oxygen atoms in total. The van der Waals surface area contributed by atoms with Crippen molar-refractivity contribution in [1.29, 1.82) is 5.26 Å². The molecule has 0 aliphatic heterocycles. The summed E-state index contributed by atoms with van der Waals surface area (Å²) in [4.78, 5) is 1.57. The molecule has 0 aliphatic carbocycles. The molecular formula is C21H26F4N4O2S. The number of nitrogens with one attached hydrogen (secondary N) is 1. The lowest BCUT2D eigenvalue weighted by Crippen LogP contribution is -2.17. The highest BCUT2D eigenvalue weighted by Crippen LogP contribution is 2.29. The highest BCUT2D eigenvalue weighted by Gasteiger charge is 2.29. The van der Waals surface area contributed by atoms with Gasteiger partial charge in [0.2, 0.25) is 10.0 Å². The van der Waals surface area contributed by atoms with E-state index in [1.165, 1.54) is 12.1 Å². The maximum atomic E-state index is 13.9. The standard InChI is InChI=1S/C12H17FN4O2S.C9H9F3/c1-17(2)5-3-4-16-12-9(8-14)6-10(7-11(12)13)20(15,18)19;1-2-7-3-5-8(6-4-7)9(10,11)12/h6-7,16H,3-5H2,1-2H3,(H2,15,18,19);3-6H,2H2,1H3. The fourth-order valence-electron chi connectivity index (χ4n) is 2.55. The number of anilines is 1. The number of alkyl halides is 3. The Morgan fingerprint density at radius 2 is 1.75 bits per heavy atom. The molecule has 2 rings (SSSR count). The van der Waals surface area contributed by atoms with Gasteiger partial charge in [0.05, 0.1) is 21.7 Å². The van der Waals surface area contributed by atoms with E-state index >= 15 is 0 Å². The van der Waals surface area contributed by atoms with Gasteiger partial charge in [0, 0.05) is 6.54 Å². The minimum atomic E-state index is -4.22. The van der Waals surface area contributed by atoms with E-state index in [0.29, 0.717) is 6.54 Å². The van der Waals surface area contributed by atoms with E-state index in [2.05, 4.69) is 5.32 Å². The number of primary sulfonamides is 1. The van der Waals surface area contributed by atoms with Crippen molar-refractivity contribution < 1.29 is 26.0 Å². The molecule has 0 heterocycles. The first-order valence-corrected chi connectivity index (χ1v) is 11.1. The van der Waals surface area contributed by atoms with Gasteiger partial charge in [0.1, 0.15) is 11.9 Å². The number of rotatable bonds is 7. The average molecular weight is 475 g/mol. The second kappa shape index (κ2) is 11.8. The monoisotopic (exact) mass is 474 g/mol. The summed E-state index contributed by atoms with van der Waals surface area (Å²) in [5.74, 6) is -0.807. The minimum absolute atomic E-state index is 0.00124. The Bertz CT molecular complexity index is 1030. The molecule has 2 aromatic carbocycles. The number of nitrogens with two attached hydrogens (primary N) is 1. The molecule has 0 aliphatic rings. The van der Waals surface area contributed by atoms with Crippen LogP contribution in [0.3, 0.4) is 0 Å². The summed E-state index contributed by atoms with van der Waals surface area (Å²) in [6.45, 7) is 3.19. The second-order valence-electron chi connectivity index (χ2n) is 7.12. The molecule has 0 aromatic heterocycles. The summed E-state index contributed by atoms with van der Waals surface area (Å²) in [5.41, 5.74) is 0.250. The Morgan fingerprint density at radius 1 is 1.16 bits per heavy atom. The fraction of sp³-hybridized carbons (Fsp3) is 0.381. The van der Waals surface area contributed by atoms with Crippen LogP contribution in [0.2, 0.25) is 0 Å². The molecule has 0 spiro atoms. The van der Waals surface area contributed by atoms with E-state index in [1.807, 2.05) is 25.9 Å². The van der Waals surface area contributed by atoms with E-state index in [0.717, 1.165) is 49.2 Å². The predicted molar refractivity (Wildman–Crippen MR) is 115 cm³/mol. The lowest BCUT2D eigenvalue weighted by atomic mass is 10.1. The Balaban J connectivity index is 0.000000363. The van der Waals surface area contributed by atoms with Crippen LogP contribution in [-0.4, -0.2) is 40.5 Å². The Hall–Kier alpha value is -2.68. The summed E-state index contributed by atoms with van der Waals surface area (Å²) >= 11 is 0. The van der Waals surface area contributed by atoms with Crippen molar-refractivity contribution in [3.8, 4) is 6.07 Å². The molecule has 3 N–H and O–H groups in total. The number of nitrogens with zero attached hydrogens (tertiary/aromatic N) is 2. The molecule has 0 amide bonds. The molecule has 0 bridgehead atoms. The average Bonchev–Trinajstić information content (AvgIpc) is 2.70. The maximum absolute atomic E-state index is 13.9. The minimum Gasteiger partial charge on any atom is -0.382 e. The first-order chi connectivity index (χ1) is 14.8. The molecule has 176 valence electrons. The van der Waals surface area contributed by atoms with Gasteiger partial charge >= 0.3 is 6.18 Å². The Morgan fingerprint density at radius 3 is 2.19 bits per heavy atom. The number of sulfonamides is 1. The van der Waals surface area contributed by atoms with Crippen molar-refractivity contribution in [3.05, 3.63) is 58.9 Å². The van der Waals surface area contributed by atoms with Crippen molar-refractivity contribution in [2.24, 2.45) is 5.14 Å². The van der Waals surface area contributed by atoms with Crippen LogP contribution in [0.5, 0.6) is 0 Å². The molecule has 32 heavy (non-hydrogen) atoms. The lowest BCUT2D eigenvalue weighted by Gasteiger charge is -2.13. The molecule has 0 saturated heterocycles. The summed E-state index contributed by atoms with van der Waals surface area (Å²) in [6.07, 6.45) is -2.70. The molecule has 0 atom stereocenters. The van der Waals surface area contributed by atoms with E-state index in [1.54, 1.807) is 6.07 Å². The van der Waals surface area contributed by atoms with Crippen LogP contribution < -0.4 is 10.5 Å². The van der Waals surface area contributed by atoms with Crippen LogP contribution in [0.1, 0.15) is 30.0 Å². The van der Waals surface area contributed by atoms with E-state index in [9.17, 15) is 26.0 Å². The number of halogens is 4. The zero-order valence-corrected chi connectivity index (χ0v) is 18.8. The lowest BCUT2D eigenvalue weighted by molar-refractivity contribution is -0.137. The van der Waals surface area contributed by atoms with Gasteiger partial charge in [0.25, 0.3) is 0 Å². The summed E-state index contributed by atoms with van der Waals surface area (Å²) in [6, 6.07) is 8.86. The maximum Gasteiger partial charge on any atom is 0.416 e. The SMILES string of the molecule is CCc1ccc(C(F)(F)F)cc1.CN(C)CCCNc1c(F)cc(S(N)(=O)=O)cc1C#N. The number of hydrogen-bond acceptors (Lipinski definition) is 5. The van der Waals surface area contributed by atoms with Gasteiger partial charge in [0.15, 0.2) is 0 Å². The third kappa shape index (κ3) is 8.82. The van der Waals surface area contributed by atoms with E-state index in [-0.39, 0.29) is 11.3 Å². The first-order valence-electron chi connectivity index (χ1n) is 9.60. The Kier molecular flexibility index (Phi) is 10.1. The van der Waals surface area contributed by atoms with Crippen molar-refractivity contribution in [1.82, 2.24) is 4.90 Å². The summed E-state index contributed by atoms with van der Waals surface area (Å²) in [5, 5.41) is 16.7. The highest BCUT2D eigenvalue weighted by molar-refractivity contribution is 7.89. The van der Waals surface area contributed by atoms with Gasteiger partial charge in [-0.3, -0.25) is 0 Å². The van der Waals surface area contributed by atoms with Crippen LogP contribution >= 0.6 is 0 Å². The third-order valence-corrected chi connectivity index (χ3v) is 5.18. The second-order valence-corrected chi connectivity index (χ2v) is 8.68. The van der Waals surface area contributed by atoms with Gasteiger partial charge in [-0.2, -0.15) is 18.4 Å². The zero-order valence-electron chi connectivity index (χ0n) is 18.0. The first kappa shape index (κ1) is 27.4. The molecule has 0 radical (unpaired) electrons. The number of nitriles is 1. The van der Waals surface area contributed by atoms with Crippen molar-refractivity contribution in [2.45, 2.75) is 30.8 Å². The molecule has 0 saturated carbocycles. The molecule has 0 fully saturated rings. The van der Waals surface area contributed by atoms with Crippen LogP contribution in [0, 0.1) is 17.1 Å². The van der Waals surface area contributed by atoms with Crippen LogP contribution in [-0.2, 0) is 22.6 Å². The fourth-order valence-corrected chi connectivity index (χ4v) is 3.10. The topological polar surface area (TPSA) is 99.2 Å². The normalized spacial score (nSPS) is 11.5. The van der Waals surface area contributed by atoms with Gasteiger partial charge in [-0.15, -0.1) is 0 Å². The van der Waals surface area contributed by atoms with Gasteiger partial charge in [-0.1, -0.05) is 19.1 Å². The number of benzene rings is 2. The summed E-state index contributed by atoms with van der Waals surface area (Å²) in [7, 11) is -0.199. The predicted octanol–water partition coefficient (Wildman–Crippen LogP) is 3.98. The summed E-state index contributed by atoms with van der Waals surface area (Å²) < 4.78 is 72.3. The molecule has 0 unspecified atom stereocenters. The van der Waals surface area contributed by atoms with E-state index < -0.39 is 32.5 Å². The van der Waals surface area contributed by atoms with Crippen molar-refractivity contribution in [2.75, 3.05) is 32.5 Å². The highest BCUT2D eigenvalue weighted by atomic mass is 32.2. The van der Waals surface area contributed by atoms with Crippen LogP contribution in [0.15, 0.2) is 41.3 Å². The van der Waals surface area contributed by atoms with Gasteiger partial charge < -0.3 is 10.2 Å². The third-order valence-electron chi connectivity index (χ3n) is 4.29. The Labute approximate surface area is 185 Å². The van der Waals surface area contributed by atoms with E-state index in [4.69, 9.17) is 10.4 Å². The smallest absolute Gasteiger partial charge is 0.382 e. The van der Waals surface area contributed by atoms with Gasteiger partial charge in [-0.25, -0.2) is 17.9 Å². The quantitative estimate of drug-likeness (QED) is 0.467. The van der Waals surface area contributed by atoms with Gasteiger partial charge in [-0.05, 0) is 63.3 Å². The molecule has 2 aromatic rings.